The van der Waals surface area contributed by atoms with Gasteiger partial charge in [-0.25, -0.2) is 0 Å². The Labute approximate surface area is 147 Å². The summed E-state index contributed by atoms with van der Waals surface area (Å²) < 4.78 is 5.38. The Hall–Kier alpha value is -2.60. The largest absolute Gasteiger partial charge is 0.451 e. The molecule has 0 spiro atoms. The summed E-state index contributed by atoms with van der Waals surface area (Å²) in [7, 11) is 2.14. The lowest BCUT2D eigenvalue weighted by Gasteiger charge is -2.19. The Morgan fingerprint density at radius 2 is 2.00 bits per heavy atom. The first-order valence-electron chi connectivity index (χ1n) is 8.53. The number of primary amides is 1. The monoisotopic (exact) mass is 341 g/mol. The molecule has 1 aliphatic heterocycles. The van der Waals surface area contributed by atoms with E-state index < -0.39 is 5.91 Å². The smallest absolute Gasteiger partial charge is 0.284 e. The Kier molecular flexibility index (Phi) is 5.19. The van der Waals surface area contributed by atoms with Gasteiger partial charge in [0.05, 0.1) is 0 Å². The highest BCUT2D eigenvalue weighted by Gasteiger charge is 2.20. The van der Waals surface area contributed by atoms with E-state index in [-0.39, 0.29) is 11.7 Å². The van der Waals surface area contributed by atoms with E-state index in [1.165, 1.54) is 12.8 Å². The summed E-state index contributed by atoms with van der Waals surface area (Å²) in [6, 6.07) is 10.9. The minimum atomic E-state index is -0.602. The lowest BCUT2D eigenvalue weighted by molar-refractivity contribution is 0.0948. The van der Waals surface area contributed by atoms with Crippen molar-refractivity contribution in [2.24, 2.45) is 5.73 Å². The number of hydrogen-bond donors (Lipinski definition) is 2. The van der Waals surface area contributed by atoms with Crippen LogP contribution in [0.15, 0.2) is 40.8 Å². The molecule has 132 valence electrons. The first kappa shape index (κ1) is 17.2. The van der Waals surface area contributed by atoms with Crippen molar-refractivity contribution < 1.29 is 14.0 Å². The van der Waals surface area contributed by atoms with Gasteiger partial charge < -0.3 is 20.4 Å². The molecule has 0 unspecified atom stereocenters. The van der Waals surface area contributed by atoms with Crippen molar-refractivity contribution in [1.82, 2.24) is 10.2 Å². The molecule has 2 aromatic rings. The Balaban J connectivity index is 1.55. The molecule has 1 aromatic carbocycles. The molecule has 0 radical (unpaired) electrons. The Bertz CT molecular complexity index is 752. The fraction of sp³-hybridized carbons (Fsp3) is 0.368. The highest BCUT2D eigenvalue weighted by atomic mass is 16.3. The highest BCUT2D eigenvalue weighted by Crippen LogP contribution is 2.22. The van der Waals surface area contributed by atoms with Crippen LogP contribution in [-0.2, 0) is 0 Å². The molecule has 3 rings (SSSR count). The van der Waals surface area contributed by atoms with Gasteiger partial charge in [-0.1, -0.05) is 12.1 Å². The molecule has 6 heteroatoms. The minimum Gasteiger partial charge on any atom is -0.451 e. The average molecular weight is 341 g/mol. The van der Waals surface area contributed by atoms with Gasteiger partial charge >= 0.3 is 0 Å². The van der Waals surface area contributed by atoms with Gasteiger partial charge in [0.1, 0.15) is 5.76 Å². The molecule has 0 aliphatic carbocycles. The van der Waals surface area contributed by atoms with Crippen molar-refractivity contribution in [3.8, 4) is 11.3 Å². The van der Waals surface area contributed by atoms with Gasteiger partial charge in [-0.15, -0.1) is 0 Å². The van der Waals surface area contributed by atoms with E-state index in [1.54, 1.807) is 36.4 Å². The van der Waals surface area contributed by atoms with E-state index in [0.29, 0.717) is 23.9 Å². The Morgan fingerprint density at radius 3 is 2.60 bits per heavy atom. The zero-order valence-corrected chi connectivity index (χ0v) is 14.3. The highest BCUT2D eigenvalue weighted by molar-refractivity contribution is 5.94. The van der Waals surface area contributed by atoms with Gasteiger partial charge in [-0.2, -0.15) is 0 Å². The second-order valence-electron chi connectivity index (χ2n) is 6.43. The maximum absolute atomic E-state index is 12.2. The summed E-state index contributed by atoms with van der Waals surface area (Å²) >= 11 is 0. The number of nitrogens with two attached hydrogens (primary N) is 1. The number of likely N-dealkylation sites (tertiary alicyclic amines) is 1. The van der Waals surface area contributed by atoms with Crippen molar-refractivity contribution in [2.75, 3.05) is 20.1 Å². The van der Waals surface area contributed by atoms with Crippen LogP contribution in [0.1, 0.15) is 40.2 Å². The van der Waals surface area contributed by atoms with E-state index in [0.717, 1.165) is 18.5 Å². The average Bonchev–Trinajstić information content (AvgIpc) is 3.25. The summed E-state index contributed by atoms with van der Waals surface area (Å²) in [6.45, 7) is 1.82. The number of hydrogen-bond acceptors (Lipinski definition) is 4. The standard InChI is InChI=1S/C19H23N3O3/c1-22-12-2-3-15(22)10-11-21-19(24)14-6-4-13(5-7-14)16-8-9-17(25-16)18(20)23/h4-9,15H,2-3,10-12H2,1H3,(H2,20,23)(H,21,24)/t15-/m0/s1. The van der Waals surface area contributed by atoms with Crippen molar-refractivity contribution in [3.05, 3.63) is 47.7 Å². The number of rotatable bonds is 6. The van der Waals surface area contributed by atoms with Crippen LogP contribution in [-0.4, -0.2) is 42.9 Å². The third-order valence-corrected chi connectivity index (χ3v) is 4.72. The number of nitrogens with zero attached hydrogens (tertiary/aromatic N) is 1. The maximum Gasteiger partial charge on any atom is 0.284 e. The zero-order valence-electron chi connectivity index (χ0n) is 14.3. The molecule has 1 aliphatic rings. The molecular formula is C19H23N3O3. The maximum atomic E-state index is 12.2. The van der Waals surface area contributed by atoms with Crippen LogP contribution < -0.4 is 11.1 Å². The van der Waals surface area contributed by atoms with Gasteiger partial charge in [0, 0.05) is 23.7 Å². The molecule has 6 nitrogen and oxygen atoms in total. The second kappa shape index (κ2) is 7.53. The molecule has 1 fully saturated rings. The van der Waals surface area contributed by atoms with Crippen LogP contribution in [0.3, 0.4) is 0 Å². The van der Waals surface area contributed by atoms with Gasteiger partial charge in [-0.3, -0.25) is 9.59 Å². The van der Waals surface area contributed by atoms with E-state index in [2.05, 4.69) is 17.3 Å². The molecule has 2 heterocycles. The molecule has 3 N–H and O–H groups in total. The van der Waals surface area contributed by atoms with Crippen LogP contribution in [0.2, 0.25) is 0 Å². The number of furan rings is 1. The summed E-state index contributed by atoms with van der Waals surface area (Å²) in [5, 5.41) is 2.97. The summed E-state index contributed by atoms with van der Waals surface area (Å²) in [5.74, 6) is -0.0154. The van der Waals surface area contributed by atoms with Crippen LogP contribution in [0.4, 0.5) is 0 Å². The Morgan fingerprint density at radius 1 is 1.24 bits per heavy atom. The number of nitrogens with one attached hydrogen (secondary N) is 1. The predicted octanol–water partition coefficient (Wildman–Crippen LogP) is 2.26. The number of carbonyl (C=O) groups is 2. The molecule has 0 saturated carbocycles. The zero-order chi connectivity index (χ0) is 17.8. The van der Waals surface area contributed by atoms with E-state index in [9.17, 15) is 9.59 Å². The predicted molar refractivity (Wildman–Crippen MR) is 95.3 cm³/mol. The van der Waals surface area contributed by atoms with Gasteiger partial charge in [0.15, 0.2) is 5.76 Å². The van der Waals surface area contributed by atoms with E-state index in [1.807, 2.05) is 0 Å². The molecule has 1 saturated heterocycles. The first-order valence-corrected chi connectivity index (χ1v) is 8.53. The molecule has 0 bridgehead atoms. The van der Waals surface area contributed by atoms with Crippen molar-refractivity contribution in [3.63, 3.8) is 0 Å². The molecule has 1 atom stereocenters. The number of carbonyl (C=O) groups excluding carboxylic acids is 2. The van der Waals surface area contributed by atoms with Crippen molar-refractivity contribution in [2.45, 2.75) is 25.3 Å². The lowest BCUT2D eigenvalue weighted by Crippen LogP contribution is -2.31. The first-order chi connectivity index (χ1) is 12.0. The van der Waals surface area contributed by atoms with E-state index in [4.69, 9.17) is 10.2 Å². The lowest BCUT2D eigenvalue weighted by atomic mass is 10.1. The number of benzene rings is 1. The fourth-order valence-electron chi connectivity index (χ4n) is 3.21. The quantitative estimate of drug-likeness (QED) is 0.843. The SMILES string of the molecule is CN1CCC[C@H]1CCNC(=O)c1ccc(-c2ccc(C(N)=O)o2)cc1. The number of amides is 2. The summed E-state index contributed by atoms with van der Waals surface area (Å²) in [4.78, 5) is 25.7. The second-order valence-corrected chi connectivity index (χ2v) is 6.43. The molecule has 2 amide bonds. The van der Waals surface area contributed by atoms with Crippen LogP contribution in [0.5, 0.6) is 0 Å². The third kappa shape index (κ3) is 4.09. The molecular weight excluding hydrogens is 318 g/mol. The van der Waals surface area contributed by atoms with Crippen LogP contribution >= 0.6 is 0 Å². The van der Waals surface area contributed by atoms with Crippen molar-refractivity contribution >= 4 is 11.8 Å². The van der Waals surface area contributed by atoms with Crippen LogP contribution in [0, 0.1) is 0 Å². The topological polar surface area (TPSA) is 88.6 Å². The van der Waals surface area contributed by atoms with Crippen molar-refractivity contribution in [1.29, 1.82) is 0 Å². The van der Waals surface area contributed by atoms with Gasteiger partial charge in [0.2, 0.25) is 0 Å². The molecule has 25 heavy (non-hydrogen) atoms. The van der Waals surface area contributed by atoms with E-state index >= 15 is 0 Å². The normalized spacial score (nSPS) is 17.6. The molecule has 1 aromatic heterocycles. The summed E-state index contributed by atoms with van der Waals surface area (Å²) in [6.07, 6.45) is 3.42. The third-order valence-electron chi connectivity index (χ3n) is 4.72. The van der Waals surface area contributed by atoms with Gasteiger partial charge in [0.25, 0.3) is 11.8 Å². The minimum absolute atomic E-state index is 0.0792. The fourth-order valence-corrected chi connectivity index (χ4v) is 3.21. The van der Waals surface area contributed by atoms with Crippen LogP contribution in [0.25, 0.3) is 11.3 Å². The summed E-state index contributed by atoms with van der Waals surface area (Å²) in [5.41, 5.74) is 6.57. The van der Waals surface area contributed by atoms with Gasteiger partial charge in [-0.05, 0) is 57.1 Å².